The predicted molar refractivity (Wildman–Crippen MR) is 79.4 cm³/mol. The molecule has 8 heteroatoms. The van der Waals surface area contributed by atoms with E-state index in [-0.39, 0.29) is 22.8 Å². The number of nitrogens with one attached hydrogen (secondary N) is 2. The Morgan fingerprint density at radius 2 is 2.18 bits per heavy atom. The molecule has 0 aliphatic heterocycles. The second-order valence-corrected chi connectivity index (χ2v) is 4.14. The van der Waals surface area contributed by atoms with E-state index in [0.717, 1.165) is 0 Å². The van der Waals surface area contributed by atoms with Gasteiger partial charge in [-0.2, -0.15) is 5.26 Å². The average molecular weight is 297 g/mol. The molecule has 110 valence electrons. The summed E-state index contributed by atoms with van der Waals surface area (Å²) in [4.78, 5) is 14.1. The van der Waals surface area contributed by atoms with Crippen molar-refractivity contribution in [2.75, 3.05) is 10.6 Å². The molecular formula is C14H11N5O3. The van der Waals surface area contributed by atoms with E-state index in [1.807, 2.05) is 6.07 Å². The van der Waals surface area contributed by atoms with Crippen molar-refractivity contribution in [2.45, 2.75) is 0 Å². The van der Waals surface area contributed by atoms with Crippen LogP contribution in [-0.4, -0.2) is 15.0 Å². The molecule has 2 aromatic rings. The van der Waals surface area contributed by atoms with Crippen molar-refractivity contribution in [3.05, 3.63) is 70.3 Å². The topological polar surface area (TPSA) is 124 Å². The quantitative estimate of drug-likeness (QED) is 0.439. The smallest absolute Gasteiger partial charge is 0.274 e. The Bertz CT molecular complexity index is 753. The maximum absolute atomic E-state index is 10.7. The number of hydrogen-bond acceptors (Lipinski definition) is 7. The Balaban J connectivity index is 2.24. The highest BCUT2D eigenvalue weighted by Gasteiger charge is 2.09. The van der Waals surface area contributed by atoms with Gasteiger partial charge in [-0.05, 0) is 30.3 Å². The van der Waals surface area contributed by atoms with Crippen molar-refractivity contribution in [3.63, 3.8) is 0 Å². The summed E-state index contributed by atoms with van der Waals surface area (Å²) in [5.41, 5.74) is 0.496. The maximum atomic E-state index is 10.7. The first kappa shape index (κ1) is 14.8. The van der Waals surface area contributed by atoms with Crippen LogP contribution in [0.2, 0.25) is 0 Å². The molecule has 0 fully saturated rings. The Labute approximate surface area is 125 Å². The van der Waals surface area contributed by atoms with Crippen LogP contribution in [0.25, 0.3) is 0 Å². The van der Waals surface area contributed by atoms with E-state index in [4.69, 9.17) is 5.26 Å². The number of nitrogens with zero attached hydrogens (tertiary/aromatic N) is 3. The second-order valence-electron chi connectivity index (χ2n) is 4.14. The first-order chi connectivity index (χ1) is 10.6. The predicted octanol–water partition coefficient (Wildman–Crippen LogP) is 2.26. The summed E-state index contributed by atoms with van der Waals surface area (Å²) in [6, 6.07) is 11.1. The van der Waals surface area contributed by atoms with Gasteiger partial charge in [0.1, 0.15) is 11.6 Å². The molecule has 0 aliphatic carbocycles. The molecule has 0 unspecified atom stereocenters. The Hall–Kier alpha value is -3.60. The second kappa shape index (κ2) is 6.71. The normalized spacial score (nSPS) is 10.6. The highest BCUT2D eigenvalue weighted by Crippen LogP contribution is 2.25. The number of benzene rings is 1. The lowest BCUT2D eigenvalue weighted by atomic mass is 10.2. The molecule has 8 nitrogen and oxygen atoms in total. The minimum atomic E-state index is -0.640. The van der Waals surface area contributed by atoms with Crippen LogP contribution in [0.1, 0.15) is 5.56 Å². The zero-order valence-electron chi connectivity index (χ0n) is 11.2. The van der Waals surface area contributed by atoms with Crippen LogP contribution in [-0.2, 0) is 0 Å². The number of aromatic hydroxyl groups is 1. The lowest BCUT2D eigenvalue weighted by Crippen LogP contribution is -2.12. The van der Waals surface area contributed by atoms with Gasteiger partial charge in [0.2, 0.25) is 0 Å². The summed E-state index contributed by atoms with van der Waals surface area (Å²) in [5, 5.41) is 34.7. The van der Waals surface area contributed by atoms with Crippen molar-refractivity contribution in [3.8, 4) is 11.8 Å². The molecule has 0 atom stereocenters. The van der Waals surface area contributed by atoms with Gasteiger partial charge >= 0.3 is 0 Å². The molecule has 0 bridgehead atoms. The molecule has 2 rings (SSSR count). The van der Waals surface area contributed by atoms with E-state index >= 15 is 0 Å². The summed E-state index contributed by atoms with van der Waals surface area (Å²) >= 11 is 0. The van der Waals surface area contributed by atoms with Crippen molar-refractivity contribution in [2.24, 2.45) is 0 Å². The van der Waals surface area contributed by atoms with Gasteiger partial charge in [0.25, 0.3) is 6.20 Å². The minimum absolute atomic E-state index is 0.0173. The third kappa shape index (κ3) is 3.94. The third-order valence-electron chi connectivity index (χ3n) is 2.56. The number of nitro groups is 1. The van der Waals surface area contributed by atoms with E-state index in [1.54, 1.807) is 18.2 Å². The van der Waals surface area contributed by atoms with E-state index < -0.39 is 4.92 Å². The fourth-order valence-electron chi connectivity index (χ4n) is 1.63. The van der Waals surface area contributed by atoms with Crippen LogP contribution >= 0.6 is 0 Å². The average Bonchev–Trinajstić information content (AvgIpc) is 2.49. The Morgan fingerprint density at radius 3 is 2.77 bits per heavy atom. The summed E-state index contributed by atoms with van der Waals surface area (Å²) < 4.78 is 0. The molecule has 0 saturated heterocycles. The van der Waals surface area contributed by atoms with Gasteiger partial charge in [-0.3, -0.25) is 10.1 Å². The number of phenols is 1. The molecule has 3 N–H and O–H groups in total. The van der Waals surface area contributed by atoms with Gasteiger partial charge in [-0.1, -0.05) is 6.07 Å². The maximum Gasteiger partial charge on any atom is 0.274 e. The monoisotopic (exact) mass is 297 g/mol. The molecule has 1 aromatic carbocycles. The Morgan fingerprint density at radius 1 is 1.36 bits per heavy atom. The number of aromatic nitrogens is 1. The standard InChI is InChI=1S/C14H11N5O3/c15-8-10-4-5-11(12(20)7-10)17-14(9-19(21)22)18-13-3-1-2-6-16-13/h1-7,9,17,20H,(H,16,18)/b14-9-. The first-order valence-electron chi connectivity index (χ1n) is 6.12. The van der Waals surface area contributed by atoms with Gasteiger partial charge in [-0.15, -0.1) is 0 Å². The molecule has 0 saturated carbocycles. The summed E-state index contributed by atoms with van der Waals surface area (Å²) in [7, 11) is 0. The van der Waals surface area contributed by atoms with Gasteiger partial charge < -0.3 is 15.7 Å². The third-order valence-corrected chi connectivity index (χ3v) is 2.56. The number of nitriles is 1. The van der Waals surface area contributed by atoms with Crippen LogP contribution in [0.4, 0.5) is 11.5 Å². The lowest BCUT2D eigenvalue weighted by Gasteiger charge is -2.12. The highest BCUT2D eigenvalue weighted by atomic mass is 16.6. The molecule has 0 amide bonds. The van der Waals surface area contributed by atoms with Crippen molar-refractivity contribution in [1.29, 1.82) is 5.26 Å². The van der Waals surface area contributed by atoms with Crippen LogP contribution < -0.4 is 10.6 Å². The zero-order chi connectivity index (χ0) is 15.9. The highest BCUT2D eigenvalue weighted by molar-refractivity contribution is 5.62. The number of pyridine rings is 1. The van der Waals surface area contributed by atoms with E-state index in [0.29, 0.717) is 12.0 Å². The van der Waals surface area contributed by atoms with Crippen molar-refractivity contribution in [1.82, 2.24) is 4.98 Å². The van der Waals surface area contributed by atoms with Gasteiger partial charge in [0.05, 0.1) is 22.2 Å². The van der Waals surface area contributed by atoms with Crippen molar-refractivity contribution < 1.29 is 10.0 Å². The van der Waals surface area contributed by atoms with E-state index in [1.165, 1.54) is 24.4 Å². The fourth-order valence-corrected chi connectivity index (χ4v) is 1.63. The molecule has 0 spiro atoms. The summed E-state index contributed by atoms with van der Waals surface area (Å²) in [6.45, 7) is 0. The van der Waals surface area contributed by atoms with E-state index in [9.17, 15) is 15.2 Å². The number of phenolic OH excluding ortho intramolecular Hbond substituents is 1. The SMILES string of the molecule is N#Cc1ccc(N/C(=C/[N+](=O)[O-])Nc2ccccn2)c(O)c1. The van der Waals surface area contributed by atoms with Gasteiger partial charge in [-0.25, -0.2) is 4.98 Å². The van der Waals surface area contributed by atoms with Crippen molar-refractivity contribution >= 4 is 11.5 Å². The molecule has 1 aromatic heterocycles. The van der Waals surface area contributed by atoms with Gasteiger partial charge in [0.15, 0.2) is 5.82 Å². The Kier molecular flexibility index (Phi) is 4.52. The fraction of sp³-hybridized carbons (Fsp3) is 0. The van der Waals surface area contributed by atoms with E-state index in [2.05, 4.69) is 15.6 Å². The largest absolute Gasteiger partial charge is 0.506 e. The summed E-state index contributed by atoms with van der Waals surface area (Å²) in [5.74, 6) is 0.219. The molecule has 0 aliphatic rings. The number of hydrogen-bond donors (Lipinski definition) is 3. The van der Waals surface area contributed by atoms with Crippen LogP contribution in [0, 0.1) is 21.4 Å². The molecule has 1 heterocycles. The van der Waals surface area contributed by atoms with Crippen LogP contribution in [0.5, 0.6) is 5.75 Å². The minimum Gasteiger partial charge on any atom is -0.506 e. The molecular weight excluding hydrogens is 286 g/mol. The molecule has 22 heavy (non-hydrogen) atoms. The number of anilines is 2. The number of rotatable bonds is 5. The first-order valence-corrected chi connectivity index (χ1v) is 6.12. The summed E-state index contributed by atoms with van der Waals surface area (Å²) in [6.07, 6.45) is 2.25. The lowest BCUT2D eigenvalue weighted by molar-refractivity contribution is -0.403. The van der Waals surface area contributed by atoms with Crippen LogP contribution in [0.15, 0.2) is 54.6 Å². The van der Waals surface area contributed by atoms with Crippen LogP contribution in [0.3, 0.4) is 0 Å². The zero-order valence-corrected chi connectivity index (χ0v) is 11.2. The molecule has 0 radical (unpaired) electrons. The van der Waals surface area contributed by atoms with Gasteiger partial charge in [0, 0.05) is 6.20 Å².